The van der Waals surface area contributed by atoms with Crippen LogP contribution in [-0.4, -0.2) is 22.0 Å². The van der Waals surface area contributed by atoms with Gasteiger partial charge in [0.2, 0.25) is 0 Å². The van der Waals surface area contributed by atoms with Crippen molar-refractivity contribution in [3.8, 4) is 17.5 Å². The van der Waals surface area contributed by atoms with E-state index in [9.17, 15) is 10.1 Å². The number of benzene rings is 1. The summed E-state index contributed by atoms with van der Waals surface area (Å²) in [5.41, 5.74) is -0.183. The Morgan fingerprint density at radius 3 is 2.58 bits per heavy atom. The fraction of sp³-hybridized carbons (Fsp3) is 0.0909. The summed E-state index contributed by atoms with van der Waals surface area (Å²) in [7, 11) is 1.36. The van der Waals surface area contributed by atoms with E-state index in [2.05, 4.69) is 25.9 Å². The molecule has 7 nitrogen and oxygen atoms in total. The lowest BCUT2D eigenvalue weighted by molar-refractivity contribution is -0.385. The zero-order chi connectivity index (χ0) is 13.8. The molecule has 0 amide bonds. The summed E-state index contributed by atoms with van der Waals surface area (Å²) in [5.74, 6) is 0.420. The molecule has 0 fully saturated rings. The van der Waals surface area contributed by atoms with Crippen molar-refractivity contribution in [2.75, 3.05) is 7.11 Å². The first-order chi connectivity index (χ1) is 9.10. The summed E-state index contributed by atoms with van der Waals surface area (Å²) in [6, 6.07) is 4.34. The van der Waals surface area contributed by atoms with Crippen molar-refractivity contribution in [3.63, 3.8) is 0 Å². The number of nitro groups is 1. The molecule has 8 heteroatoms. The van der Waals surface area contributed by atoms with Crippen molar-refractivity contribution < 1.29 is 14.4 Å². The number of hydrogen-bond acceptors (Lipinski definition) is 6. The first-order valence-corrected chi connectivity index (χ1v) is 5.87. The van der Waals surface area contributed by atoms with Crippen LogP contribution in [0.3, 0.4) is 0 Å². The third-order valence-corrected chi connectivity index (χ3v) is 2.56. The Morgan fingerprint density at radius 2 is 2.00 bits per heavy atom. The van der Waals surface area contributed by atoms with E-state index < -0.39 is 4.92 Å². The molecule has 0 aliphatic heterocycles. The van der Waals surface area contributed by atoms with E-state index in [1.54, 1.807) is 0 Å². The molecular weight excluding hydrogens is 318 g/mol. The SMILES string of the molecule is COc1ccc(Oc2ncc(Br)cn2)cc1[N+](=O)[O-]. The van der Waals surface area contributed by atoms with Gasteiger partial charge in [0.15, 0.2) is 5.75 Å². The largest absolute Gasteiger partial charge is 0.490 e. The summed E-state index contributed by atoms with van der Waals surface area (Å²) in [6.07, 6.45) is 3.03. The molecule has 19 heavy (non-hydrogen) atoms. The molecule has 0 radical (unpaired) electrons. The molecule has 0 spiro atoms. The van der Waals surface area contributed by atoms with Crippen molar-refractivity contribution in [1.29, 1.82) is 0 Å². The second-order valence-corrected chi connectivity index (χ2v) is 4.29. The molecule has 0 aliphatic rings. The molecule has 0 N–H and O–H groups in total. The maximum Gasteiger partial charge on any atom is 0.321 e. The van der Waals surface area contributed by atoms with Crippen LogP contribution < -0.4 is 9.47 Å². The third kappa shape index (κ3) is 3.16. The fourth-order valence-electron chi connectivity index (χ4n) is 1.33. The highest BCUT2D eigenvalue weighted by Gasteiger charge is 2.16. The van der Waals surface area contributed by atoms with Crippen LogP contribution in [-0.2, 0) is 0 Å². The number of nitro benzene ring substituents is 1. The van der Waals surface area contributed by atoms with Gasteiger partial charge >= 0.3 is 11.7 Å². The number of ether oxygens (including phenoxy) is 2. The van der Waals surface area contributed by atoms with E-state index in [0.29, 0.717) is 4.47 Å². The zero-order valence-corrected chi connectivity index (χ0v) is 11.3. The van der Waals surface area contributed by atoms with E-state index in [0.717, 1.165) is 0 Å². The van der Waals surface area contributed by atoms with Gasteiger partial charge in [-0.15, -0.1) is 0 Å². The van der Waals surface area contributed by atoms with Crippen LogP contribution in [0.15, 0.2) is 35.1 Å². The smallest absolute Gasteiger partial charge is 0.321 e. The lowest BCUT2D eigenvalue weighted by Gasteiger charge is -2.05. The molecule has 2 aromatic rings. The minimum atomic E-state index is -0.547. The Labute approximate surface area is 116 Å². The average Bonchev–Trinajstić information content (AvgIpc) is 2.41. The topological polar surface area (TPSA) is 87.4 Å². The summed E-state index contributed by atoms with van der Waals surface area (Å²) >= 11 is 3.19. The molecular formula is C11H8BrN3O4. The molecule has 1 heterocycles. The third-order valence-electron chi connectivity index (χ3n) is 2.15. The summed E-state index contributed by atoms with van der Waals surface area (Å²) in [4.78, 5) is 18.1. The molecule has 2 rings (SSSR count). The van der Waals surface area contributed by atoms with Crippen LogP contribution in [0.1, 0.15) is 0 Å². The van der Waals surface area contributed by atoms with Gasteiger partial charge in [0.05, 0.1) is 22.6 Å². The van der Waals surface area contributed by atoms with Crippen molar-refractivity contribution >= 4 is 21.6 Å². The number of aromatic nitrogens is 2. The second kappa shape index (κ2) is 5.61. The Morgan fingerprint density at radius 1 is 1.32 bits per heavy atom. The molecule has 1 aromatic carbocycles. The molecule has 98 valence electrons. The monoisotopic (exact) mass is 325 g/mol. The molecule has 0 atom stereocenters. The maximum atomic E-state index is 10.9. The van der Waals surface area contributed by atoms with Crippen LogP contribution >= 0.6 is 15.9 Å². The molecule has 1 aromatic heterocycles. The first-order valence-electron chi connectivity index (χ1n) is 5.08. The predicted octanol–water partition coefficient (Wildman–Crippen LogP) is 2.95. The summed E-state index contributed by atoms with van der Waals surface area (Å²) in [5, 5.41) is 10.9. The van der Waals surface area contributed by atoms with Crippen molar-refractivity contribution in [1.82, 2.24) is 9.97 Å². The van der Waals surface area contributed by atoms with Crippen LogP contribution in [0.25, 0.3) is 0 Å². The highest BCUT2D eigenvalue weighted by molar-refractivity contribution is 9.10. The van der Waals surface area contributed by atoms with E-state index >= 15 is 0 Å². The first kappa shape index (κ1) is 13.2. The van der Waals surface area contributed by atoms with Gasteiger partial charge in [-0.05, 0) is 28.1 Å². The Balaban J connectivity index is 2.28. The lowest BCUT2D eigenvalue weighted by atomic mass is 10.3. The number of methoxy groups -OCH3 is 1. The van der Waals surface area contributed by atoms with E-state index in [1.165, 1.54) is 37.7 Å². The van der Waals surface area contributed by atoms with Crippen LogP contribution in [0.4, 0.5) is 5.69 Å². The van der Waals surface area contributed by atoms with Crippen molar-refractivity contribution in [2.24, 2.45) is 0 Å². The molecule has 0 unspecified atom stereocenters. The summed E-state index contributed by atoms with van der Waals surface area (Å²) in [6.45, 7) is 0. The Kier molecular flexibility index (Phi) is 3.91. The van der Waals surface area contributed by atoms with Crippen molar-refractivity contribution in [3.05, 3.63) is 45.2 Å². The standard InChI is InChI=1S/C11H8BrN3O4/c1-18-10-3-2-8(4-9(10)15(16)17)19-11-13-5-7(12)6-14-11/h2-6H,1H3. The molecule has 0 saturated heterocycles. The number of nitrogens with zero attached hydrogens (tertiary/aromatic N) is 3. The Hall–Kier alpha value is -2.22. The van der Waals surface area contributed by atoms with Gasteiger partial charge < -0.3 is 9.47 Å². The number of halogens is 1. The highest BCUT2D eigenvalue weighted by Crippen LogP contribution is 2.32. The number of rotatable bonds is 4. The average molecular weight is 326 g/mol. The normalized spacial score (nSPS) is 10.0. The van der Waals surface area contributed by atoms with Gasteiger partial charge in [-0.25, -0.2) is 9.97 Å². The zero-order valence-electron chi connectivity index (χ0n) is 9.74. The maximum absolute atomic E-state index is 10.9. The van der Waals surface area contributed by atoms with Gasteiger partial charge in [0, 0.05) is 12.4 Å². The minimum absolute atomic E-state index is 0.0997. The van der Waals surface area contributed by atoms with Gasteiger partial charge in [-0.3, -0.25) is 10.1 Å². The van der Waals surface area contributed by atoms with E-state index in [4.69, 9.17) is 9.47 Å². The quantitative estimate of drug-likeness (QED) is 0.634. The lowest BCUT2D eigenvalue weighted by Crippen LogP contribution is -1.96. The molecule has 0 aliphatic carbocycles. The molecule has 0 bridgehead atoms. The fourth-order valence-corrected chi connectivity index (χ4v) is 1.54. The van der Waals surface area contributed by atoms with Gasteiger partial charge in [-0.1, -0.05) is 0 Å². The van der Waals surface area contributed by atoms with Crippen LogP contribution in [0.2, 0.25) is 0 Å². The summed E-state index contributed by atoms with van der Waals surface area (Å²) < 4.78 is 10.9. The predicted molar refractivity (Wildman–Crippen MR) is 69.5 cm³/mol. The minimum Gasteiger partial charge on any atom is -0.490 e. The second-order valence-electron chi connectivity index (χ2n) is 3.38. The highest BCUT2D eigenvalue weighted by atomic mass is 79.9. The van der Waals surface area contributed by atoms with Crippen LogP contribution in [0, 0.1) is 10.1 Å². The number of hydrogen-bond donors (Lipinski definition) is 0. The van der Waals surface area contributed by atoms with E-state index in [-0.39, 0.29) is 23.2 Å². The van der Waals surface area contributed by atoms with Crippen LogP contribution in [0.5, 0.6) is 17.5 Å². The molecule has 0 saturated carbocycles. The Bertz CT molecular complexity index is 603. The van der Waals surface area contributed by atoms with E-state index in [1.807, 2.05) is 0 Å². The van der Waals surface area contributed by atoms with Gasteiger partial charge in [-0.2, -0.15) is 0 Å². The van der Waals surface area contributed by atoms with Gasteiger partial charge in [0.1, 0.15) is 5.75 Å². The van der Waals surface area contributed by atoms with Crippen molar-refractivity contribution in [2.45, 2.75) is 0 Å². The van der Waals surface area contributed by atoms with Gasteiger partial charge in [0.25, 0.3) is 0 Å².